The van der Waals surface area contributed by atoms with Crippen LogP contribution >= 0.6 is 0 Å². The number of piperazine rings is 1. The van der Waals surface area contributed by atoms with Crippen molar-refractivity contribution in [2.75, 3.05) is 37.9 Å². The maximum atomic E-state index is 13.7. The van der Waals surface area contributed by atoms with Crippen molar-refractivity contribution in [1.82, 2.24) is 30.1 Å². The summed E-state index contributed by atoms with van der Waals surface area (Å²) in [5.41, 5.74) is 5.97. The summed E-state index contributed by atoms with van der Waals surface area (Å²) in [6, 6.07) is 21.9. The van der Waals surface area contributed by atoms with Gasteiger partial charge in [-0.25, -0.2) is 4.68 Å². The van der Waals surface area contributed by atoms with Crippen molar-refractivity contribution in [3.05, 3.63) is 105 Å². The van der Waals surface area contributed by atoms with Crippen LogP contribution in [0.4, 0.5) is 5.69 Å². The van der Waals surface area contributed by atoms with Crippen molar-refractivity contribution in [2.24, 2.45) is 0 Å². The average Bonchev–Trinajstić information content (AvgIpc) is 3.64. The summed E-state index contributed by atoms with van der Waals surface area (Å²) in [4.78, 5) is 21.5. The molecule has 0 amide bonds. The Morgan fingerprint density at radius 1 is 0.927 bits per heavy atom. The van der Waals surface area contributed by atoms with Crippen LogP contribution in [0.25, 0.3) is 10.9 Å². The zero-order valence-corrected chi connectivity index (χ0v) is 23.1. The fraction of sp³-hybridized carbons (Fsp3) is 0.290. The number of nitrogens with one attached hydrogen (secondary N) is 1. The second-order valence-corrected chi connectivity index (χ2v) is 10.7. The molecule has 4 heterocycles. The quantitative estimate of drug-likeness (QED) is 0.341. The summed E-state index contributed by atoms with van der Waals surface area (Å²) in [6.07, 6.45) is 0. The molecule has 1 atom stereocenters. The van der Waals surface area contributed by atoms with Crippen molar-refractivity contribution in [3.63, 3.8) is 0 Å². The standard InChI is InChI=1S/C31H31N7O3/c1-20-8-9-21(2)26(14-20)36-10-12-37(13-11-36)29(30-33-34-35-38(30)18-22-6-4-3-5-7-22)24-15-23-16-27-28(41-19-40-27)17-25(23)32-31(24)39/h3-9,14-17,29H,10-13,18-19H2,1-2H3,(H,32,39)/t29-/m1/s1. The van der Waals surface area contributed by atoms with E-state index in [0.717, 1.165) is 37.1 Å². The van der Waals surface area contributed by atoms with Crippen LogP contribution in [0.2, 0.25) is 0 Å². The maximum absolute atomic E-state index is 13.7. The molecule has 1 saturated heterocycles. The van der Waals surface area contributed by atoms with Crippen LogP contribution in [0.3, 0.4) is 0 Å². The lowest BCUT2D eigenvalue weighted by Gasteiger charge is -2.40. The van der Waals surface area contributed by atoms with E-state index in [2.05, 4.69) is 74.5 Å². The number of H-pyrrole nitrogens is 1. The van der Waals surface area contributed by atoms with Gasteiger partial charge in [0, 0.05) is 48.9 Å². The fourth-order valence-corrected chi connectivity index (χ4v) is 5.87. The molecule has 0 bridgehead atoms. The number of pyridine rings is 1. The molecule has 0 aliphatic carbocycles. The molecule has 0 unspecified atom stereocenters. The first kappa shape index (κ1) is 25.3. The third-order valence-electron chi connectivity index (χ3n) is 8.02. The summed E-state index contributed by atoms with van der Waals surface area (Å²) in [7, 11) is 0. The summed E-state index contributed by atoms with van der Waals surface area (Å²) < 4.78 is 12.9. The van der Waals surface area contributed by atoms with E-state index in [1.807, 2.05) is 36.4 Å². The van der Waals surface area contributed by atoms with Crippen LogP contribution in [0.5, 0.6) is 11.5 Å². The van der Waals surface area contributed by atoms with Crippen LogP contribution in [0.15, 0.2) is 71.5 Å². The van der Waals surface area contributed by atoms with E-state index in [-0.39, 0.29) is 12.4 Å². The summed E-state index contributed by atoms with van der Waals surface area (Å²) in [5, 5.41) is 13.8. The van der Waals surface area contributed by atoms with Gasteiger partial charge in [-0.05, 0) is 59.2 Å². The van der Waals surface area contributed by atoms with Crippen LogP contribution in [0.1, 0.15) is 34.1 Å². The molecule has 0 saturated carbocycles. The van der Waals surface area contributed by atoms with Gasteiger partial charge in [-0.3, -0.25) is 9.69 Å². The summed E-state index contributed by atoms with van der Waals surface area (Å²) >= 11 is 0. The molecule has 2 aliphatic heterocycles. The number of benzene rings is 3. The van der Waals surface area contributed by atoms with Crippen molar-refractivity contribution >= 4 is 16.6 Å². The number of aromatic nitrogens is 5. The molecular formula is C31H31N7O3. The third-order valence-corrected chi connectivity index (χ3v) is 8.02. The highest BCUT2D eigenvalue weighted by atomic mass is 16.7. The van der Waals surface area contributed by atoms with E-state index in [4.69, 9.17) is 9.47 Å². The zero-order chi connectivity index (χ0) is 27.9. The highest BCUT2D eigenvalue weighted by Crippen LogP contribution is 2.36. The summed E-state index contributed by atoms with van der Waals surface area (Å²) in [6.45, 7) is 8.10. The van der Waals surface area contributed by atoms with Crippen LogP contribution in [-0.2, 0) is 6.54 Å². The lowest BCUT2D eigenvalue weighted by Crippen LogP contribution is -2.49. The second-order valence-electron chi connectivity index (χ2n) is 10.7. The van der Waals surface area contributed by atoms with E-state index in [1.165, 1.54) is 16.8 Å². The molecule has 2 aliphatic rings. The minimum atomic E-state index is -0.437. The number of ether oxygens (including phenoxy) is 2. The zero-order valence-electron chi connectivity index (χ0n) is 23.1. The minimum Gasteiger partial charge on any atom is -0.454 e. The van der Waals surface area contributed by atoms with Gasteiger partial charge >= 0.3 is 0 Å². The second kappa shape index (κ2) is 10.4. The Bertz CT molecular complexity index is 1770. The molecule has 208 valence electrons. The van der Waals surface area contributed by atoms with Gasteiger partial charge in [0.15, 0.2) is 17.3 Å². The molecule has 0 radical (unpaired) electrons. The largest absolute Gasteiger partial charge is 0.454 e. The number of anilines is 1. The molecular weight excluding hydrogens is 518 g/mol. The highest BCUT2D eigenvalue weighted by Gasteiger charge is 2.33. The highest BCUT2D eigenvalue weighted by molar-refractivity contribution is 5.83. The van der Waals surface area contributed by atoms with Gasteiger partial charge in [-0.2, -0.15) is 0 Å². The number of rotatable bonds is 6. The Morgan fingerprint density at radius 3 is 2.51 bits per heavy atom. The maximum Gasteiger partial charge on any atom is 0.253 e. The van der Waals surface area contributed by atoms with E-state index in [9.17, 15) is 4.79 Å². The third kappa shape index (κ3) is 4.80. The minimum absolute atomic E-state index is 0.171. The predicted octanol–water partition coefficient (Wildman–Crippen LogP) is 3.82. The molecule has 10 nitrogen and oxygen atoms in total. The molecule has 1 fully saturated rings. The number of aryl methyl sites for hydroxylation is 2. The molecule has 41 heavy (non-hydrogen) atoms. The SMILES string of the molecule is Cc1ccc(C)c(N2CCN([C@H](c3cc4cc5c(cc4[nH]c3=O)OCO5)c3nnnn3Cc3ccccc3)CC2)c1. The first-order valence-corrected chi connectivity index (χ1v) is 13.9. The molecule has 1 N–H and O–H groups in total. The predicted molar refractivity (Wildman–Crippen MR) is 156 cm³/mol. The van der Waals surface area contributed by atoms with E-state index in [0.29, 0.717) is 34.9 Å². The van der Waals surface area contributed by atoms with Gasteiger partial charge in [0.1, 0.15) is 6.04 Å². The van der Waals surface area contributed by atoms with Crippen molar-refractivity contribution in [3.8, 4) is 11.5 Å². The van der Waals surface area contributed by atoms with Crippen LogP contribution in [-0.4, -0.2) is 63.1 Å². The van der Waals surface area contributed by atoms with Crippen LogP contribution in [0, 0.1) is 13.8 Å². The molecule has 5 aromatic rings. The van der Waals surface area contributed by atoms with Gasteiger partial charge in [-0.1, -0.05) is 42.5 Å². The monoisotopic (exact) mass is 549 g/mol. The van der Waals surface area contributed by atoms with E-state index < -0.39 is 6.04 Å². The van der Waals surface area contributed by atoms with E-state index in [1.54, 1.807) is 4.68 Å². The number of tetrazole rings is 1. The average molecular weight is 550 g/mol. The van der Waals surface area contributed by atoms with Crippen molar-refractivity contribution in [1.29, 1.82) is 0 Å². The fourth-order valence-electron chi connectivity index (χ4n) is 5.87. The number of hydrogen-bond acceptors (Lipinski definition) is 8. The van der Waals surface area contributed by atoms with Gasteiger partial charge in [0.05, 0.1) is 12.1 Å². The Kier molecular flexibility index (Phi) is 6.39. The Morgan fingerprint density at radius 2 is 1.71 bits per heavy atom. The lowest BCUT2D eigenvalue weighted by atomic mass is 10.0. The van der Waals surface area contributed by atoms with Crippen molar-refractivity contribution < 1.29 is 9.47 Å². The van der Waals surface area contributed by atoms with Gasteiger partial charge in [0.25, 0.3) is 5.56 Å². The van der Waals surface area contributed by atoms with Gasteiger partial charge in [0.2, 0.25) is 6.79 Å². The van der Waals surface area contributed by atoms with Gasteiger partial charge < -0.3 is 19.4 Å². The Hall–Kier alpha value is -4.70. The van der Waals surface area contributed by atoms with Gasteiger partial charge in [-0.15, -0.1) is 5.10 Å². The van der Waals surface area contributed by atoms with Crippen LogP contribution < -0.4 is 19.9 Å². The molecule has 0 spiro atoms. The molecule has 7 rings (SSSR count). The van der Waals surface area contributed by atoms with E-state index >= 15 is 0 Å². The smallest absolute Gasteiger partial charge is 0.253 e. The molecule has 10 heteroatoms. The Balaban J connectivity index is 1.28. The number of hydrogen-bond donors (Lipinski definition) is 1. The Labute approximate surface area is 237 Å². The molecule has 3 aromatic carbocycles. The number of aromatic amines is 1. The first-order valence-electron chi connectivity index (χ1n) is 13.9. The van der Waals surface area contributed by atoms with Crippen molar-refractivity contribution in [2.45, 2.75) is 26.4 Å². The topological polar surface area (TPSA) is 101 Å². The normalized spacial score (nSPS) is 15.9. The molecule has 2 aromatic heterocycles. The lowest BCUT2D eigenvalue weighted by molar-refractivity contribution is 0.174. The first-order chi connectivity index (χ1) is 20.0. The number of nitrogens with zero attached hydrogens (tertiary/aromatic N) is 6. The summed E-state index contributed by atoms with van der Waals surface area (Å²) in [5.74, 6) is 1.94. The number of fused-ring (bicyclic) bond motifs is 2.